The van der Waals surface area contributed by atoms with Gasteiger partial charge in [-0.25, -0.2) is 0 Å². The Hall–Kier alpha value is -2.04. The van der Waals surface area contributed by atoms with E-state index in [1.807, 2.05) is 36.1 Å². The number of rotatable bonds is 3. The van der Waals surface area contributed by atoms with E-state index < -0.39 is 0 Å². The lowest BCUT2D eigenvalue weighted by molar-refractivity contribution is -0.121. The lowest BCUT2D eigenvalue weighted by Crippen LogP contribution is -2.41. The maximum absolute atomic E-state index is 12.6. The van der Waals surface area contributed by atoms with Crippen molar-refractivity contribution in [3.63, 3.8) is 0 Å². The predicted octanol–water partition coefficient (Wildman–Crippen LogP) is 4.79. The Kier molecular flexibility index (Phi) is 5.84. The van der Waals surface area contributed by atoms with Gasteiger partial charge in [0.1, 0.15) is 0 Å². The van der Waals surface area contributed by atoms with Gasteiger partial charge in [-0.15, -0.1) is 0 Å². The number of carbonyl (C=O) groups excluding carboxylic acids is 2. The summed E-state index contributed by atoms with van der Waals surface area (Å²) in [7, 11) is 0. The van der Waals surface area contributed by atoms with Crippen LogP contribution in [0, 0.1) is 12.8 Å². The summed E-state index contributed by atoms with van der Waals surface area (Å²) in [6, 6.07) is 12.7. The molecule has 0 atom stereocenters. The molecule has 26 heavy (non-hydrogen) atoms. The summed E-state index contributed by atoms with van der Waals surface area (Å²) in [6.07, 6.45) is 1.25. The molecule has 1 saturated heterocycles. The minimum atomic E-state index is -0.147. The number of nitrogens with zero attached hydrogens (tertiary/aromatic N) is 1. The van der Waals surface area contributed by atoms with Crippen molar-refractivity contribution in [3.05, 3.63) is 63.6 Å². The zero-order valence-corrected chi connectivity index (χ0v) is 16.0. The number of nitrogens with one attached hydrogen (secondary N) is 1. The summed E-state index contributed by atoms with van der Waals surface area (Å²) in [4.78, 5) is 26.9. The maximum atomic E-state index is 12.6. The lowest BCUT2D eigenvalue weighted by atomic mass is 9.95. The molecule has 0 bridgehead atoms. The van der Waals surface area contributed by atoms with Gasteiger partial charge in [0.05, 0.1) is 15.7 Å². The predicted molar refractivity (Wildman–Crippen MR) is 105 cm³/mol. The summed E-state index contributed by atoms with van der Waals surface area (Å²) in [6.45, 7) is 3.09. The van der Waals surface area contributed by atoms with Gasteiger partial charge in [-0.2, -0.15) is 0 Å². The molecule has 0 aliphatic carbocycles. The molecule has 1 aliphatic rings. The smallest absolute Gasteiger partial charge is 0.253 e. The highest BCUT2D eigenvalue weighted by atomic mass is 35.5. The molecule has 0 spiro atoms. The zero-order chi connectivity index (χ0) is 18.7. The maximum Gasteiger partial charge on any atom is 0.253 e. The third kappa shape index (κ3) is 4.19. The van der Waals surface area contributed by atoms with Crippen molar-refractivity contribution >= 4 is 40.7 Å². The third-order valence-electron chi connectivity index (χ3n) is 4.63. The van der Waals surface area contributed by atoms with Crippen LogP contribution in [0.3, 0.4) is 0 Å². The van der Waals surface area contributed by atoms with Crippen LogP contribution in [0.25, 0.3) is 0 Å². The molecule has 0 aromatic heterocycles. The van der Waals surface area contributed by atoms with Crippen molar-refractivity contribution < 1.29 is 9.59 Å². The van der Waals surface area contributed by atoms with Crippen molar-refractivity contribution in [3.8, 4) is 0 Å². The van der Waals surface area contributed by atoms with Crippen LogP contribution in [-0.4, -0.2) is 29.8 Å². The topological polar surface area (TPSA) is 49.4 Å². The van der Waals surface area contributed by atoms with Gasteiger partial charge < -0.3 is 10.2 Å². The second-order valence-corrected chi connectivity index (χ2v) is 7.31. The molecular formula is C20H20Cl2N2O2. The highest BCUT2D eigenvalue weighted by Crippen LogP contribution is 2.30. The van der Waals surface area contributed by atoms with Crippen LogP contribution >= 0.6 is 23.2 Å². The fourth-order valence-electron chi connectivity index (χ4n) is 3.14. The van der Waals surface area contributed by atoms with Crippen molar-refractivity contribution in [2.75, 3.05) is 18.4 Å². The van der Waals surface area contributed by atoms with Gasteiger partial charge >= 0.3 is 0 Å². The molecule has 6 heteroatoms. The first-order valence-corrected chi connectivity index (χ1v) is 9.32. The molecule has 1 fully saturated rings. The second-order valence-electron chi connectivity index (χ2n) is 6.53. The summed E-state index contributed by atoms with van der Waals surface area (Å²) in [5, 5.41) is 3.59. The molecule has 1 N–H and O–H groups in total. The molecule has 3 rings (SSSR count). The SMILES string of the molecule is Cc1cccc(C(=O)N2CCC(C(=O)Nc3cccc(Cl)c3Cl)CC2)c1. The summed E-state index contributed by atoms with van der Waals surface area (Å²) in [5.74, 6) is -0.214. The van der Waals surface area contributed by atoms with Crippen LogP contribution in [0.5, 0.6) is 0 Å². The first kappa shape index (κ1) is 18.7. The molecule has 0 unspecified atom stereocenters. The van der Waals surface area contributed by atoms with Crippen molar-refractivity contribution in [1.29, 1.82) is 0 Å². The van der Waals surface area contributed by atoms with E-state index in [0.717, 1.165) is 5.56 Å². The number of amides is 2. The van der Waals surface area contributed by atoms with E-state index >= 15 is 0 Å². The monoisotopic (exact) mass is 390 g/mol. The first-order chi connectivity index (χ1) is 12.5. The molecule has 2 aromatic carbocycles. The lowest BCUT2D eigenvalue weighted by Gasteiger charge is -2.31. The van der Waals surface area contributed by atoms with Crippen LogP contribution in [0.2, 0.25) is 10.0 Å². The Labute approximate surface area is 163 Å². The van der Waals surface area contributed by atoms with Gasteiger partial charge in [-0.05, 0) is 44.0 Å². The van der Waals surface area contributed by atoms with E-state index in [2.05, 4.69) is 5.32 Å². The molecular weight excluding hydrogens is 371 g/mol. The number of hydrogen-bond donors (Lipinski definition) is 1. The number of benzene rings is 2. The molecule has 0 radical (unpaired) electrons. The number of aryl methyl sites for hydroxylation is 1. The Balaban J connectivity index is 1.58. The molecule has 1 heterocycles. The van der Waals surface area contributed by atoms with E-state index in [1.54, 1.807) is 18.2 Å². The Morgan fingerprint density at radius 3 is 2.46 bits per heavy atom. The summed E-state index contributed by atoms with van der Waals surface area (Å²) in [5.41, 5.74) is 2.27. The zero-order valence-electron chi connectivity index (χ0n) is 14.5. The van der Waals surface area contributed by atoms with E-state index in [4.69, 9.17) is 23.2 Å². The quantitative estimate of drug-likeness (QED) is 0.818. The summed E-state index contributed by atoms with van der Waals surface area (Å²) >= 11 is 12.1. The van der Waals surface area contributed by atoms with Crippen LogP contribution in [0.4, 0.5) is 5.69 Å². The Morgan fingerprint density at radius 1 is 1.08 bits per heavy atom. The number of anilines is 1. The summed E-state index contributed by atoms with van der Waals surface area (Å²) < 4.78 is 0. The van der Waals surface area contributed by atoms with Gasteiger partial charge in [-0.3, -0.25) is 9.59 Å². The average Bonchev–Trinajstić information content (AvgIpc) is 2.65. The van der Waals surface area contributed by atoms with Crippen LogP contribution in [0.15, 0.2) is 42.5 Å². The van der Waals surface area contributed by atoms with E-state index in [1.165, 1.54) is 0 Å². The second kappa shape index (κ2) is 8.11. The van der Waals surface area contributed by atoms with E-state index in [9.17, 15) is 9.59 Å². The highest BCUT2D eigenvalue weighted by molar-refractivity contribution is 6.44. The van der Waals surface area contributed by atoms with Gasteiger partial charge in [-0.1, -0.05) is 47.0 Å². The van der Waals surface area contributed by atoms with Crippen molar-refractivity contribution in [1.82, 2.24) is 4.90 Å². The van der Waals surface area contributed by atoms with Gasteiger partial charge in [0, 0.05) is 24.6 Å². The van der Waals surface area contributed by atoms with Crippen LogP contribution in [-0.2, 0) is 4.79 Å². The molecule has 2 amide bonds. The number of likely N-dealkylation sites (tertiary alicyclic amines) is 1. The highest BCUT2D eigenvalue weighted by Gasteiger charge is 2.28. The minimum absolute atomic E-state index is 0.0189. The molecule has 4 nitrogen and oxygen atoms in total. The van der Waals surface area contributed by atoms with Gasteiger partial charge in [0.2, 0.25) is 5.91 Å². The normalized spacial score (nSPS) is 15.0. The molecule has 0 saturated carbocycles. The van der Waals surface area contributed by atoms with Crippen LogP contribution < -0.4 is 5.32 Å². The van der Waals surface area contributed by atoms with E-state index in [-0.39, 0.29) is 17.7 Å². The van der Waals surface area contributed by atoms with Crippen molar-refractivity contribution in [2.24, 2.45) is 5.92 Å². The molecule has 1 aliphatic heterocycles. The minimum Gasteiger partial charge on any atom is -0.339 e. The Morgan fingerprint density at radius 2 is 1.77 bits per heavy atom. The molecule has 136 valence electrons. The number of hydrogen-bond acceptors (Lipinski definition) is 2. The third-order valence-corrected chi connectivity index (χ3v) is 5.45. The first-order valence-electron chi connectivity index (χ1n) is 8.56. The number of carbonyl (C=O) groups is 2. The van der Waals surface area contributed by atoms with E-state index in [0.29, 0.717) is 47.2 Å². The largest absolute Gasteiger partial charge is 0.339 e. The molecule has 2 aromatic rings. The Bertz CT molecular complexity index is 830. The standard InChI is InChI=1S/C20H20Cl2N2O2/c1-13-4-2-5-15(12-13)20(26)24-10-8-14(9-11-24)19(25)23-17-7-3-6-16(21)18(17)22/h2-7,12,14H,8-11H2,1H3,(H,23,25). The van der Waals surface area contributed by atoms with Gasteiger partial charge in [0.25, 0.3) is 5.91 Å². The average molecular weight is 391 g/mol. The fraction of sp³-hybridized carbons (Fsp3) is 0.300. The van der Waals surface area contributed by atoms with Gasteiger partial charge in [0.15, 0.2) is 0 Å². The van der Waals surface area contributed by atoms with Crippen molar-refractivity contribution in [2.45, 2.75) is 19.8 Å². The fourth-order valence-corrected chi connectivity index (χ4v) is 3.49. The van der Waals surface area contributed by atoms with Crippen LogP contribution in [0.1, 0.15) is 28.8 Å². The number of piperidine rings is 1. The number of halogens is 2.